The summed E-state index contributed by atoms with van der Waals surface area (Å²) in [4.78, 5) is 16.7. The summed E-state index contributed by atoms with van der Waals surface area (Å²) in [6.07, 6.45) is 7.95. The number of nitrogens with zero attached hydrogens (tertiary/aromatic N) is 1. The van der Waals surface area contributed by atoms with E-state index in [1.165, 1.54) is 12.8 Å². The van der Waals surface area contributed by atoms with E-state index in [0.717, 1.165) is 25.1 Å². The quantitative estimate of drug-likeness (QED) is 0.873. The van der Waals surface area contributed by atoms with E-state index in [4.69, 9.17) is 0 Å². The molecule has 0 aliphatic heterocycles. The minimum absolute atomic E-state index is 0.00680. The summed E-state index contributed by atoms with van der Waals surface area (Å²) in [6.45, 7) is 7.50. The zero-order valence-corrected chi connectivity index (χ0v) is 13.4. The van der Waals surface area contributed by atoms with Crippen molar-refractivity contribution in [1.82, 2.24) is 10.3 Å². The fraction of sp³-hybridized carbons (Fsp3) is 0.647. The Morgan fingerprint density at radius 2 is 2.19 bits per heavy atom. The maximum Gasteiger partial charge on any atom is 0.255 e. The summed E-state index contributed by atoms with van der Waals surface area (Å²) in [5.41, 5.74) is 1.53. The first-order chi connectivity index (χ1) is 10.1. The van der Waals surface area contributed by atoms with E-state index in [2.05, 4.69) is 36.4 Å². The molecule has 1 aromatic heterocycles. The van der Waals surface area contributed by atoms with Gasteiger partial charge in [-0.25, -0.2) is 0 Å². The Morgan fingerprint density at radius 3 is 2.95 bits per heavy atom. The van der Waals surface area contributed by atoms with Gasteiger partial charge in [-0.2, -0.15) is 0 Å². The molecule has 3 unspecified atom stereocenters. The zero-order chi connectivity index (χ0) is 15.2. The summed E-state index contributed by atoms with van der Waals surface area (Å²) < 4.78 is 0. The summed E-state index contributed by atoms with van der Waals surface area (Å²) in [5.74, 6) is 1.20. The molecule has 0 saturated heterocycles. The molecule has 116 valence electrons. The van der Waals surface area contributed by atoms with Gasteiger partial charge in [0.25, 0.3) is 5.91 Å². The second kappa shape index (κ2) is 7.43. The SMILES string of the molecule is CCCNc1ccncc1C(=O)NC1CCCC(C)C1C. The molecule has 21 heavy (non-hydrogen) atoms. The molecule has 2 rings (SSSR count). The number of hydrogen-bond acceptors (Lipinski definition) is 3. The predicted molar refractivity (Wildman–Crippen MR) is 86.5 cm³/mol. The maximum atomic E-state index is 12.6. The molecule has 1 heterocycles. The number of pyridine rings is 1. The first-order valence-corrected chi connectivity index (χ1v) is 8.12. The van der Waals surface area contributed by atoms with E-state index in [-0.39, 0.29) is 11.9 Å². The molecule has 2 N–H and O–H groups in total. The van der Waals surface area contributed by atoms with Gasteiger partial charge in [-0.1, -0.05) is 33.6 Å². The van der Waals surface area contributed by atoms with Crippen LogP contribution in [0.15, 0.2) is 18.5 Å². The average molecular weight is 289 g/mol. The highest BCUT2D eigenvalue weighted by atomic mass is 16.1. The van der Waals surface area contributed by atoms with Crippen molar-refractivity contribution in [3.8, 4) is 0 Å². The highest BCUT2D eigenvalue weighted by Crippen LogP contribution is 2.29. The lowest BCUT2D eigenvalue weighted by Crippen LogP contribution is -2.43. The Hall–Kier alpha value is -1.58. The zero-order valence-electron chi connectivity index (χ0n) is 13.4. The Bertz CT molecular complexity index is 475. The molecule has 3 atom stereocenters. The number of amides is 1. The van der Waals surface area contributed by atoms with E-state index < -0.39 is 0 Å². The van der Waals surface area contributed by atoms with Crippen LogP contribution < -0.4 is 10.6 Å². The smallest absolute Gasteiger partial charge is 0.255 e. The Morgan fingerprint density at radius 1 is 1.38 bits per heavy atom. The number of aromatic nitrogens is 1. The predicted octanol–water partition coefficient (Wildman–Crippen LogP) is 3.46. The maximum absolute atomic E-state index is 12.6. The molecule has 0 spiro atoms. The van der Waals surface area contributed by atoms with Crippen molar-refractivity contribution < 1.29 is 4.79 Å². The van der Waals surface area contributed by atoms with Crippen molar-refractivity contribution in [1.29, 1.82) is 0 Å². The van der Waals surface area contributed by atoms with Gasteiger partial charge in [0, 0.05) is 25.0 Å². The van der Waals surface area contributed by atoms with Crippen LogP contribution in [0.1, 0.15) is 56.8 Å². The lowest BCUT2D eigenvalue weighted by Gasteiger charge is -2.34. The van der Waals surface area contributed by atoms with Crippen molar-refractivity contribution >= 4 is 11.6 Å². The van der Waals surface area contributed by atoms with E-state index >= 15 is 0 Å². The first kappa shape index (κ1) is 15.8. The van der Waals surface area contributed by atoms with Crippen LogP contribution >= 0.6 is 0 Å². The third-order valence-corrected chi connectivity index (χ3v) is 4.65. The van der Waals surface area contributed by atoms with Gasteiger partial charge in [0.15, 0.2) is 0 Å². The Labute approximate surface area is 127 Å². The van der Waals surface area contributed by atoms with Crippen LogP contribution in [0.3, 0.4) is 0 Å². The molecule has 4 nitrogen and oxygen atoms in total. The fourth-order valence-corrected chi connectivity index (χ4v) is 3.02. The highest BCUT2D eigenvalue weighted by Gasteiger charge is 2.28. The normalized spacial score (nSPS) is 25.4. The summed E-state index contributed by atoms with van der Waals surface area (Å²) in [7, 11) is 0. The summed E-state index contributed by atoms with van der Waals surface area (Å²) in [6, 6.07) is 2.15. The van der Waals surface area contributed by atoms with Gasteiger partial charge < -0.3 is 10.6 Å². The standard InChI is InChI=1S/C17H27N3O/c1-4-9-19-16-8-10-18-11-14(16)17(21)20-15-7-5-6-12(2)13(15)3/h8,10-13,15H,4-7,9H2,1-3H3,(H,18,19)(H,20,21). The molecule has 4 heteroatoms. The first-order valence-electron chi connectivity index (χ1n) is 8.12. The number of rotatable bonds is 5. The number of carbonyl (C=O) groups is 1. The van der Waals surface area contributed by atoms with Crippen molar-refractivity contribution in [2.75, 3.05) is 11.9 Å². The minimum atomic E-state index is -0.00680. The number of carbonyl (C=O) groups excluding carboxylic acids is 1. The lowest BCUT2D eigenvalue weighted by molar-refractivity contribution is 0.0891. The average Bonchev–Trinajstić information content (AvgIpc) is 2.50. The van der Waals surface area contributed by atoms with Crippen LogP contribution in [0.4, 0.5) is 5.69 Å². The van der Waals surface area contributed by atoms with Gasteiger partial charge in [0.1, 0.15) is 0 Å². The van der Waals surface area contributed by atoms with Crippen LogP contribution in [-0.2, 0) is 0 Å². The molecule has 1 saturated carbocycles. The van der Waals surface area contributed by atoms with Crippen molar-refractivity contribution in [3.05, 3.63) is 24.0 Å². The molecule has 1 amide bonds. The molecule has 1 aliphatic carbocycles. The molecule has 0 aromatic carbocycles. The Kier molecular flexibility index (Phi) is 5.59. The third kappa shape index (κ3) is 3.96. The molecule has 0 bridgehead atoms. The molecular weight excluding hydrogens is 262 g/mol. The monoisotopic (exact) mass is 289 g/mol. The molecule has 1 aromatic rings. The van der Waals surface area contributed by atoms with Crippen LogP contribution in [0.25, 0.3) is 0 Å². The third-order valence-electron chi connectivity index (χ3n) is 4.65. The molecule has 1 aliphatic rings. The van der Waals surface area contributed by atoms with Crippen molar-refractivity contribution in [2.24, 2.45) is 11.8 Å². The van der Waals surface area contributed by atoms with Gasteiger partial charge in [0.2, 0.25) is 0 Å². The largest absolute Gasteiger partial charge is 0.384 e. The number of anilines is 1. The Balaban J connectivity index is 2.06. The summed E-state index contributed by atoms with van der Waals surface area (Å²) >= 11 is 0. The number of hydrogen-bond donors (Lipinski definition) is 2. The van der Waals surface area contributed by atoms with Crippen LogP contribution in [0, 0.1) is 11.8 Å². The van der Waals surface area contributed by atoms with Gasteiger partial charge in [-0.15, -0.1) is 0 Å². The lowest BCUT2D eigenvalue weighted by atomic mass is 9.78. The molecular formula is C17H27N3O. The number of nitrogens with one attached hydrogen (secondary N) is 2. The van der Waals surface area contributed by atoms with Crippen molar-refractivity contribution in [3.63, 3.8) is 0 Å². The van der Waals surface area contributed by atoms with Gasteiger partial charge >= 0.3 is 0 Å². The van der Waals surface area contributed by atoms with E-state index in [9.17, 15) is 4.79 Å². The molecule has 1 fully saturated rings. The second-order valence-electron chi connectivity index (χ2n) is 6.20. The topological polar surface area (TPSA) is 54.0 Å². The van der Waals surface area contributed by atoms with Crippen LogP contribution in [0.5, 0.6) is 0 Å². The second-order valence-corrected chi connectivity index (χ2v) is 6.20. The van der Waals surface area contributed by atoms with Gasteiger partial charge in [-0.3, -0.25) is 9.78 Å². The van der Waals surface area contributed by atoms with Crippen LogP contribution in [-0.4, -0.2) is 23.5 Å². The minimum Gasteiger partial charge on any atom is -0.384 e. The van der Waals surface area contributed by atoms with E-state index in [1.807, 2.05) is 6.07 Å². The van der Waals surface area contributed by atoms with E-state index in [0.29, 0.717) is 17.4 Å². The fourth-order valence-electron chi connectivity index (χ4n) is 3.02. The van der Waals surface area contributed by atoms with Gasteiger partial charge in [0.05, 0.1) is 11.3 Å². The summed E-state index contributed by atoms with van der Waals surface area (Å²) in [5, 5.41) is 6.51. The van der Waals surface area contributed by atoms with E-state index in [1.54, 1.807) is 12.4 Å². The molecule has 0 radical (unpaired) electrons. The highest BCUT2D eigenvalue weighted by molar-refractivity contribution is 5.99. The van der Waals surface area contributed by atoms with Crippen LogP contribution in [0.2, 0.25) is 0 Å². The van der Waals surface area contributed by atoms with Crippen molar-refractivity contribution in [2.45, 2.75) is 52.5 Å². The van der Waals surface area contributed by atoms with Gasteiger partial charge in [-0.05, 0) is 30.7 Å².